The quantitative estimate of drug-likeness (QED) is 0.501. The molecule has 1 atom stereocenters. The van der Waals surface area contributed by atoms with E-state index >= 15 is 0 Å². The van der Waals surface area contributed by atoms with Gasteiger partial charge in [-0.05, 0) is 13.3 Å². The molecule has 0 heterocycles. The van der Waals surface area contributed by atoms with Crippen LogP contribution in [0, 0.1) is 17.8 Å². The highest BCUT2D eigenvalue weighted by Crippen LogP contribution is 2.18. The monoisotopic (exact) mass is 228 g/mol. The van der Waals surface area contributed by atoms with Crippen molar-refractivity contribution >= 4 is 17.7 Å². The molecule has 4 heteroatoms. The van der Waals surface area contributed by atoms with Crippen molar-refractivity contribution < 1.29 is 4.79 Å². The van der Waals surface area contributed by atoms with Crippen LogP contribution >= 0.6 is 11.8 Å². The van der Waals surface area contributed by atoms with E-state index in [4.69, 9.17) is 12.2 Å². The van der Waals surface area contributed by atoms with Gasteiger partial charge in [-0.25, -0.2) is 0 Å². The number of carbonyl (C=O) groups excluding carboxylic acids is 1. The van der Waals surface area contributed by atoms with Gasteiger partial charge in [0.25, 0.3) is 0 Å². The molecular formula is C11H20N2OS. The van der Waals surface area contributed by atoms with Crippen LogP contribution in [-0.2, 0) is 4.79 Å². The topological polar surface area (TPSA) is 55.1 Å². The molecule has 0 radical (unpaired) electrons. The number of amides is 1. The molecule has 0 aliphatic heterocycles. The van der Waals surface area contributed by atoms with E-state index in [1.807, 2.05) is 13.8 Å². The summed E-state index contributed by atoms with van der Waals surface area (Å²) in [4.78, 5) is 11.7. The van der Waals surface area contributed by atoms with Gasteiger partial charge in [0, 0.05) is 18.8 Å². The Bertz CT molecular complexity index is 231. The summed E-state index contributed by atoms with van der Waals surface area (Å²) in [5.74, 6) is 4.11. The predicted octanol–water partition coefficient (Wildman–Crippen LogP) is 0.844. The minimum atomic E-state index is -0.434. The summed E-state index contributed by atoms with van der Waals surface area (Å²) in [7, 11) is 0. The van der Waals surface area contributed by atoms with E-state index in [2.05, 4.69) is 11.2 Å². The van der Waals surface area contributed by atoms with Crippen LogP contribution in [0.15, 0.2) is 0 Å². The summed E-state index contributed by atoms with van der Waals surface area (Å²) in [5.41, 5.74) is 5.14. The molecule has 0 saturated carbocycles. The van der Waals surface area contributed by atoms with E-state index < -0.39 is 5.41 Å². The van der Waals surface area contributed by atoms with Crippen LogP contribution in [-0.4, -0.2) is 30.5 Å². The van der Waals surface area contributed by atoms with Crippen molar-refractivity contribution in [2.45, 2.75) is 20.3 Å². The van der Waals surface area contributed by atoms with Crippen molar-refractivity contribution in [2.75, 3.05) is 24.6 Å². The second kappa shape index (κ2) is 7.61. The lowest BCUT2D eigenvalue weighted by Crippen LogP contribution is -2.44. The maximum Gasteiger partial charge on any atom is 0.227 e. The van der Waals surface area contributed by atoms with E-state index in [1.54, 1.807) is 11.8 Å². The van der Waals surface area contributed by atoms with Crippen LogP contribution in [0.3, 0.4) is 0 Å². The van der Waals surface area contributed by atoms with Crippen LogP contribution in [0.25, 0.3) is 0 Å². The minimum Gasteiger partial charge on any atom is -0.355 e. The smallest absolute Gasteiger partial charge is 0.227 e. The molecule has 0 fully saturated rings. The van der Waals surface area contributed by atoms with E-state index in [1.165, 1.54) is 0 Å². The van der Waals surface area contributed by atoms with Crippen LogP contribution in [0.4, 0.5) is 0 Å². The van der Waals surface area contributed by atoms with Gasteiger partial charge in [-0.2, -0.15) is 0 Å². The molecule has 0 aromatic rings. The molecule has 86 valence electrons. The summed E-state index contributed by atoms with van der Waals surface area (Å²) in [5, 5.41) is 2.88. The molecule has 0 spiro atoms. The number of thioether (sulfide) groups is 1. The fourth-order valence-corrected chi connectivity index (χ4v) is 1.49. The number of hydrogen-bond acceptors (Lipinski definition) is 3. The lowest BCUT2D eigenvalue weighted by Gasteiger charge is -2.24. The van der Waals surface area contributed by atoms with Crippen LogP contribution < -0.4 is 11.1 Å². The maximum absolute atomic E-state index is 11.7. The highest BCUT2D eigenvalue weighted by molar-refractivity contribution is 7.99. The van der Waals surface area contributed by atoms with Crippen LogP contribution in [0.2, 0.25) is 0 Å². The molecular weight excluding hydrogens is 208 g/mol. The first-order valence-corrected chi connectivity index (χ1v) is 6.25. The molecule has 1 amide bonds. The maximum atomic E-state index is 11.7. The standard InChI is InChI=1S/C11H20N2OS/c1-4-7-15-8-6-13-10(14)11(3,5-2)9-12/h1H,5-9,12H2,2-3H3,(H,13,14). The number of carbonyl (C=O) groups is 1. The highest BCUT2D eigenvalue weighted by Gasteiger charge is 2.28. The van der Waals surface area contributed by atoms with Crippen molar-refractivity contribution in [3.63, 3.8) is 0 Å². The first-order valence-electron chi connectivity index (χ1n) is 5.10. The Balaban J connectivity index is 3.78. The molecule has 0 aliphatic rings. The van der Waals surface area contributed by atoms with Gasteiger partial charge in [0.05, 0.1) is 11.2 Å². The number of terminal acetylenes is 1. The Morgan fingerprint density at radius 3 is 2.80 bits per heavy atom. The van der Waals surface area contributed by atoms with Gasteiger partial charge in [-0.3, -0.25) is 4.79 Å². The van der Waals surface area contributed by atoms with E-state index in [0.29, 0.717) is 18.8 Å². The molecule has 0 aromatic heterocycles. The van der Waals surface area contributed by atoms with Crippen molar-refractivity contribution in [3.8, 4) is 12.3 Å². The van der Waals surface area contributed by atoms with E-state index in [9.17, 15) is 4.79 Å². The highest BCUT2D eigenvalue weighted by atomic mass is 32.2. The van der Waals surface area contributed by atoms with Crippen molar-refractivity contribution in [2.24, 2.45) is 11.1 Å². The lowest BCUT2D eigenvalue weighted by atomic mass is 9.87. The largest absolute Gasteiger partial charge is 0.355 e. The molecule has 0 bridgehead atoms. The Kier molecular flexibility index (Phi) is 7.27. The second-order valence-electron chi connectivity index (χ2n) is 3.63. The third-order valence-corrected chi connectivity index (χ3v) is 3.36. The average molecular weight is 228 g/mol. The molecule has 0 rings (SSSR count). The van der Waals surface area contributed by atoms with Gasteiger partial charge in [0.15, 0.2) is 0 Å². The zero-order valence-electron chi connectivity index (χ0n) is 9.51. The summed E-state index contributed by atoms with van der Waals surface area (Å²) in [6.07, 6.45) is 5.86. The summed E-state index contributed by atoms with van der Waals surface area (Å²) in [6.45, 7) is 4.89. The van der Waals surface area contributed by atoms with Gasteiger partial charge in [-0.15, -0.1) is 18.2 Å². The van der Waals surface area contributed by atoms with Gasteiger partial charge >= 0.3 is 0 Å². The van der Waals surface area contributed by atoms with Gasteiger partial charge in [0.2, 0.25) is 5.91 Å². The Morgan fingerprint density at radius 1 is 1.67 bits per heavy atom. The fraction of sp³-hybridized carbons (Fsp3) is 0.727. The molecule has 3 nitrogen and oxygen atoms in total. The lowest BCUT2D eigenvalue weighted by molar-refractivity contribution is -0.129. The third-order valence-electron chi connectivity index (χ3n) is 2.50. The van der Waals surface area contributed by atoms with Crippen LogP contribution in [0.1, 0.15) is 20.3 Å². The Morgan fingerprint density at radius 2 is 2.33 bits per heavy atom. The number of nitrogens with two attached hydrogens (primary N) is 1. The zero-order chi connectivity index (χ0) is 11.7. The van der Waals surface area contributed by atoms with Gasteiger partial charge in [-0.1, -0.05) is 12.8 Å². The number of hydrogen-bond donors (Lipinski definition) is 2. The summed E-state index contributed by atoms with van der Waals surface area (Å²) >= 11 is 1.64. The minimum absolute atomic E-state index is 0.0359. The van der Waals surface area contributed by atoms with Crippen molar-refractivity contribution in [3.05, 3.63) is 0 Å². The fourth-order valence-electron chi connectivity index (χ4n) is 0.979. The summed E-state index contributed by atoms with van der Waals surface area (Å²) < 4.78 is 0. The third kappa shape index (κ3) is 5.10. The van der Waals surface area contributed by atoms with E-state index in [0.717, 1.165) is 12.2 Å². The molecule has 15 heavy (non-hydrogen) atoms. The normalized spacial score (nSPS) is 14.0. The zero-order valence-corrected chi connectivity index (χ0v) is 10.3. The van der Waals surface area contributed by atoms with Gasteiger partial charge < -0.3 is 11.1 Å². The Hall–Kier alpha value is -0.660. The molecule has 3 N–H and O–H groups in total. The Labute approximate surface area is 96.6 Å². The van der Waals surface area contributed by atoms with Gasteiger partial charge in [0.1, 0.15) is 0 Å². The first-order chi connectivity index (χ1) is 7.10. The molecule has 1 unspecified atom stereocenters. The number of rotatable bonds is 7. The predicted molar refractivity (Wildman–Crippen MR) is 66.6 cm³/mol. The SMILES string of the molecule is C#CCSCCNC(=O)C(C)(CC)CN. The van der Waals surface area contributed by atoms with Crippen molar-refractivity contribution in [1.29, 1.82) is 0 Å². The van der Waals surface area contributed by atoms with Crippen LogP contribution in [0.5, 0.6) is 0 Å². The number of nitrogens with one attached hydrogen (secondary N) is 1. The van der Waals surface area contributed by atoms with E-state index in [-0.39, 0.29) is 5.91 Å². The molecule has 0 aromatic carbocycles. The molecule has 0 aliphatic carbocycles. The average Bonchev–Trinajstić information content (AvgIpc) is 2.27. The second-order valence-corrected chi connectivity index (χ2v) is 4.74. The summed E-state index contributed by atoms with van der Waals surface area (Å²) in [6, 6.07) is 0. The first kappa shape index (κ1) is 14.3. The van der Waals surface area contributed by atoms with Crippen molar-refractivity contribution in [1.82, 2.24) is 5.32 Å². The molecule has 0 saturated heterocycles.